The highest BCUT2D eigenvalue weighted by Gasteiger charge is 1.98. The summed E-state index contributed by atoms with van der Waals surface area (Å²) >= 11 is 0. The van der Waals surface area contributed by atoms with E-state index in [0.717, 1.165) is 29.0 Å². The van der Waals surface area contributed by atoms with Crippen molar-refractivity contribution in [2.24, 2.45) is 0 Å². The summed E-state index contributed by atoms with van der Waals surface area (Å²) in [4.78, 5) is 0. The molecule has 0 aliphatic heterocycles. The molecule has 0 unspecified atom stereocenters. The molecule has 0 aliphatic rings. The van der Waals surface area contributed by atoms with Gasteiger partial charge in [-0.05, 0) is 30.7 Å². The van der Waals surface area contributed by atoms with E-state index in [0.29, 0.717) is 0 Å². The normalized spacial score (nSPS) is 10.2. The Labute approximate surface area is 88.5 Å². The fourth-order valence-electron chi connectivity index (χ4n) is 1.46. The minimum absolute atomic E-state index is 0.765. The molecule has 0 fully saturated rings. The van der Waals surface area contributed by atoms with Gasteiger partial charge in [-0.2, -0.15) is 5.10 Å². The van der Waals surface area contributed by atoms with E-state index in [1.807, 2.05) is 31.3 Å². The Kier molecular flexibility index (Phi) is 2.58. The number of nitrogens with zero attached hydrogens (tertiary/aromatic N) is 1. The zero-order chi connectivity index (χ0) is 10.7. The summed E-state index contributed by atoms with van der Waals surface area (Å²) in [6.45, 7) is 2.80. The third-order valence-electron chi connectivity index (χ3n) is 2.29. The standard InChI is InChI=1S/C11H14N4/c1-8-4-10(12)2-3-11(8)13-5-9-6-14-15-7-9/h2-4,6-7,13H,5,12H2,1H3,(H,14,15). The Morgan fingerprint density at radius 2 is 2.33 bits per heavy atom. The van der Waals surface area contributed by atoms with Crippen LogP contribution >= 0.6 is 0 Å². The van der Waals surface area contributed by atoms with Crippen LogP contribution in [0.15, 0.2) is 30.6 Å². The van der Waals surface area contributed by atoms with Crippen LogP contribution in [0.5, 0.6) is 0 Å². The van der Waals surface area contributed by atoms with E-state index in [9.17, 15) is 0 Å². The first-order chi connectivity index (χ1) is 7.25. The van der Waals surface area contributed by atoms with Gasteiger partial charge >= 0.3 is 0 Å². The molecule has 0 aliphatic carbocycles. The molecule has 2 rings (SSSR count). The Bertz CT molecular complexity index is 434. The van der Waals surface area contributed by atoms with Crippen LogP contribution in [0.4, 0.5) is 11.4 Å². The lowest BCUT2D eigenvalue weighted by Gasteiger charge is -2.08. The SMILES string of the molecule is Cc1cc(N)ccc1NCc1cn[nH]c1. The number of nitrogen functional groups attached to an aromatic ring is 1. The van der Waals surface area contributed by atoms with Crippen LogP contribution in [0.25, 0.3) is 0 Å². The van der Waals surface area contributed by atoms with Gasteiger partial charge in [-0.1, -0.05) is 0 Å². The van der Waals surface area contributed by atoms with Crippen molar-refractivity contribution in [3.8, 4) is 0 Å². The summed E-state index contributed by atoms with van der Waals surface area (Å²) in [6, 6.07) is 5.84. The van der Waals surface area contributed by atoms with Crippen LogP contribution in [0.1, 0.15) is 11.1 Å². The van der Waals surface area contributed by atoms with Gasteiger partial charge in [0.2, 0.25) is 0 Å². The molecule has 15 heavy (non-hydrogen) atoms. The van der Waals surface area contributed by atoms with Crippen molar-refractivity contribution < 1.29 is 0 Å². The predicted molar refractivity (Wildman–Crippen MR) is 61.5 cm³/mol. The summed E-state index contributed by atoms with van der Waals surface area (Å²) in [5, 5.41) is 9.99. The predicted octanol–water partition coefficient (Wildman–Crippen LogP) is 1.91. The largest absolute Gasteiger partial charge is 0.399 e. The number of hydrogen-bond donors (Lipinski definition) is 3. The van der Waals surface area contributed by atoms with E-state index in [1.165, 1.54) is 0 Å². The highest BCUT2D eigenvalue weighted by Crippen LogP contribution is 2.18. The molecule has 0 saturated heterocycles. The van der Waals surface area contributed by atoms with Gasteiger partial charge in [0.1, 0.15) is 0 Å². The molecule has 1 aromatic heterocycles. The van der Waals surface area contributed by atoms with Crippen molar-refractivity contribution in [1.82, 2.24) is 10.2 Å². The molecular formula is C11H14N4. The van der Waals surface area contributed by atoms with E-state index in [2.05, 4.69) is 15.5 Å². The average molecular weight is 202 g/mol. The molecule has 1 aromatic carbocycles. The zero-order valence-electron chi connectivity index (χ0n) is 8.62. The van der Waals surface area contributed by atoms with Crippen LogP contribution in [0.2, 0.25) is 0 Å². The van der Waals surface area contributed by atoms with Crippen LogP contribution in [-0.4, -0.2) is 10.2 Å². The van der Waals surface area contributed by atoms with E-state index < -0.39 is 0 Å². The van der Waals surface area contributed by atoms with E-state index in [1.54, 1.807) is 6.20 Å². The van der Waals surface area contributed by atoms with Gasteiger partial charge in [0.05, 0.1) is 6.20 Å². The van der Waals surface area contributed by atoms with Crippen molar-refractivity contribution in [1.29, 1.82) is 0 Å². The first-order valence-corrected chi connectivity index (χ1v) is 4.83. The second-order valence-corrected chi connectivity index (χ2v) is 3.53. The van der Waals surface area contributed by atoms with Gasteiger partial charge in [0.25, 0.3) is 0 Å². The summed E-state index contributed by atoms with van der Waals surface area (Å²) in [5.74, 6) is 0. The van der Waals surface area contributed by atoms with E-state index in [4.69, 9.17) is 5.73 Å². The average Bonchev–Trinajstić information content (AvgIpc) is 2.69. The number of H-pyrrole nitrogens is 1. The maximum atomic E-state index is 5.68. The number of aromatic amines is 1. The van der Waals surface area contributed by atoms with Crippen molar-refractivity contribution in [3.63, 3.8) is 0 Å². The Morgan fingerprint density at radius 1 is 1.47 bits per heavy atom. The smallest absolute Gasteiger partial charge is 0.0537 e. The molecule has 4 heteroatoms. The number of aromatic nitrogens is 2. The lowest BCUT2D eigenvalue weighted by Crippen LogP contribution is -2.00. The topological polar surface area (TPSA) is 66.7 Å². The molecule has 2 aromatic rings. The number of nitrogens with one attached hydrogen (secondary N) is 2. The summed E-state index contributed by atoms with van der Waals surface area (Å²) < 4.78 is 0. The molecule has 4 nitrogen and oxygen atoms in total. The van der Waals surface area contributed by atoms with Crippen molar-refractivity contribution >= 4 is 11.4 Å². The second-order valence-electron chi connectivity index (χ2n) is 3.53. The molecule has 0 atom stereocenters. The molecule has 0 amide bonds. The Morgan fingerprint density at radius 3 is 3.00 bits per heavy atom. The molecular weight excluding hydrogens is 188 g/mol. The summed E-state index contributed by atoms with van der Waals surface area (Å²) in [6.07, 6.45) is 3.68. The number of aryl methyl sites for hydroxylation is 1. The zero-order valence-corrected chi connectivity index (χ0v) is 8.62. The fourth-order valence-corrected chi connectivity index (χ4v) is 1.46. The van der Waals surface area contributed by atoms with Gasteiger partial charge in [0.15, 0.2) is 0 Å². The third-order valence-corrected chi connectivity index (χ3v) is 2.29. The summed E-state index contributed by atoms with van der Waals surface area (Å²) in [5.41, 5.74) is 9.85. The van der Waals surface area contributed by atoms with Crippen LogP contribution in [-0.2, 0) is 6.54 Å². The van der Waals surface area contributed by atoms with Crippen LogP contribution in [0, 0.1) is 6.92 Å². The molecule has 0 bridgehead atoms. The Hall–Kier alpha value is -1.97. The van der Waals surface area contributed by atoms with Gasteiger partial charge < -0.3 is 11.1 Å². The van der Waals surface area contributed by atoms with Gasteiger partial charge in [-0.25, -0.2) is 0 Å². The molecule has 0 spiro atoms. The molecule has 78 valence electrons. The number of rotatable bonds is 3. The van der Waals surface area contributed by atoms with Crippen LogP contribution < -0.4 is 11.1 Å². The minimum atomic E-state index is 0.765. The first kappa shape index (κ1) is 9.58. The number of hydrogen-bond acceptors (Lipinski definition) is 3. The summed E-state index contributed by atoms with van der Waals surface area (Å²) in [7, 11) is 0. The number of benzene rings is 1. The van der Waals surface area contributed by atoms with Crippen molar-refractivity contribution in [2.75, 3.05) is 11.1 Å². The maximum absolute atomic E-state index is 5.68. The molecule has 0 radical (unpaired) electrons. The third kappa shape index (κ3) is 2.28. The van der Waals surface area contributed by atoms with Gasteiger partial charge in [-0.3, -0.25) is 5.10 Å². The van der Waals surface area contributed by atoms with Gasteiger partial charge in [-0.15, -0.1) is 0 Å². The van der Waals surface area contributed by atoms with Gasteiger partial charge in [0, 0.05) is 29.7 Å². The molecule has 1 heterocycles. The second kappa shape index (κ2) is 4.04. The lowest BCUT2D eigenvalue weighted by molar-refractivity contribution is 1.09. The fraction of sp³-hybridized carbons (Fsp3) is 0.182. The number of anilines is 2. The first-order valence-electron chi connectivity index (χ1n) is 4.83. The van der Waals surface area contributed by atoms with Crippen molar-refractivity contribution in [2.45, 2.75) is 13.5 Å². The quantitative estimate of drug-likeness (QED) is 0.666. The molecule has 0 saturated carbocycles. The Balaban J connectivity index is 2.05. The monoisotopic (exact) mass is 202 g/mol. The van der Waals surface area contributed by atoms with Crippen molar-refractivity contribution in [3.05, 3.63) is 41.7 Å². The van der Waals surface area contributed by atoms with Crippen LogP contribution in [0.3, 0.4) is 0 Å². The highest BCUT2D eigenvalue weighted by atomic mass is 15.1. The maximum Gasteiger partial charge on any atom is 0.0537 e. The van der Waals surface area contributed by atoms with E-state index >= 15 is 0 Å². The molecule has 4 N–H and O–H groups in total. The highest BCUT2D eigenvalue weighted by molar-refractivity contribution is 5.57. The lowest BCUT2D eigenvalue weighted by atomic mass is 10.2. The minimum Gasteiger partial charge on any atom is -0.399 e. The number of nitrogens with two attached hydrogens (primary N) is 1. The van der Waals surface area contributed by atoms with E-state index in [-0.39, 0.29) is 0 Å².